The highest BCUT2D eigenvalue weighted by Crippen LogP contribution is 2.62. The second-order valence-corrected chi connectivity index (χ2v) is 11.0. The molecule has 0 radical (unpaired) electrons. The quantitative estimate of drug-likeness (QED) is 0.197. The highest BCUT2D eigenvalue weighted by molar-refractivity contribution is 7.12. The largest absolute Gasteiger partial charge is 0.358 e. The number of anilines is 1. The van der Waals surface area contributed by atoms with Crippen LogP contribution in [-0.2, 0) is 10.2 Å². The first-order chi connectivity index (χ1) is 19.4. The Labute approximate surface area is 232 Å². The SMILES string of the molecule is O=C(c1cccs1)[C@@H]1[C@H](C(=O)c2cccc([N+](=O)[O-])c2)[C@]2(C(=O)Nc3ccccc32)[C@@H]2c3ccccc3C=CN12. The molecule has 40 heavy (non-hydrogen) atoms. The van der Waals surface area contributed by atoms with Gasteiger partial charge in [-0.1, -0.05) is 60.7 Å². The van der Waals surface area contributed by atoms with Gasteiger partial charge in [-0.15, -0.1) is 11.3 Å². The molecule has 1 amide bonds. The molecule has 0 saturated carbocycles. The van der Waals surface area contributed by atoms with Crippen LogP contribution in [0.4, 0.5) is 11.4 Å². The molecule has 1 aromatic heterocycles. The lowest BCUT2D eigenvalue weighted by Crippen LogP contribution is -2.49. The number of amides is 1. The molecule has 0 unspecified atom stereocenters. The number of hydrogen-bond donors (Lipinski definition) is 1. The number of rotatable bonds is 5. The van der Waals surface area contributed by atoms with Crippen LogP contribution in [0, 0.1) is 16.0 Å². The van der Waals surface area contributed by atoms with E-state index in [1.54, 1.807) is 29.8 Å². The molecule has 1 fully saturated rings. The standard InChI is InChI=1S/C31H21N3O5S/c35-27(19-8-5-9-20(17-19)34(38)39)25-26(28(36)24-13-6-16-40-24)33-15-14-18-7-1-2-10-21(18)29(33)31(25)22-11-3-4-12-23(22)32-30(31)37/h1-17,25-26,29H,(H,32,37)/t25-,26+,29+,31+/m1/s1. The fourth-order valence-electron chi connectivity index (χ4n) is 6.68. The van der Waals surface area contributed by atoms with E-state index in [4.69, 9.17) is 0 Å². The number of carbonyl (C=O) groups excluding carboxylic acids is 3. The Balaban J connectivity index is 1.54. The van der Waals surface area contributed by atoms with E-state index in [2.05, 4.69) is 5.32 Å². The highest BCUT2D eigenvalue weighted by atomic mass is 32.1. The Morgan fingerprint density at radius 2 is 1.75 bits per heavy atom. The lowest BCUT2D eigenvalue weighted by Gasteiger charge is -2.38. The van der Waals surface area contributed by atoms with Gasteiger partial charge in [0.05, 0.1) is 21.8 Å². The number of Topliss-reactive ketones (excluding diaryl/α,β-unsaturated/α-hetero) is 2. The van der Waals surface area contributed by atoms with Crippen LogP contribution in [0.25, 0.3) is 6.08 Å². The third-order valence-electron chi connectivity index (χ3n) is 8.23. The smallest absolute Gasteiger partial charge is 0.270 e. The van der Waals surface area contributed by atoms with Gasteiger partial charge in [-0.2, -0.15) is 0 Å². The number of benzene rings is 3. The zero-order valence-electron chi connectivity index (χ0n) is 20.9. The van der Waals surface area contributed by atoms with Gasteiger partial charge in [0, 0.05) is 29.6 Å². The molecule has 0 aliphatic carbocycles. The van der Waals surface area contributed by atoms with E-state index in [1.165, 1.54) is 35.6 Å². The van der Waals surface area contributed by atoms with Crippen LogP contribution in [0.1, 0.15) is 42.8 Å². The molecule has 196 valence electrons. The van der Waals surface area contributed by atoms with Gasteiger partial charge in [-0.3, -0.25) is 24.5 Å². The molecular weight excluding hydrogens is 526 g/mol. The molecule has 1 saturated heterocycles. The summed E-state index contributed by atoms with van der Waals surface area (Å²) in [4.78, 5) is 56.7. The molecule has 7 rings (SSSR count). The van der Waals surface area contributed by atoms with E-state index in [9.17, 15) is 24.5 Å². The van der Waals surface area contributed by atoms with Gasteiger partial charge in [0.25, 0.3) is 5.69 Å². The first-order valence-corrected chi connectivity index (χ1v) is 13.6. The molecule has 8 nitrogen and oxygen atoms in total. The summed E-state index contributed by atoms with van der Waals surface area (Å²) in [5, 5.41) is 16.4. The number of nitro groups is 1. The van der Waals surface area contributed by atoms with Crippen molar-refractivity contribution in [2.45, 2.75) is 17.5 Å². The monoisotopic (exact) mass is 547 g/mol. The van der Waals surface area contributed by atoms with Crippen molar-refractivity contribution in [3.63, 3.8) is 0 Å². The molecule has 4 aromatic rings. The number of thiophene rings is 1. The van der Waals surface area contributed by atoms with Crippen molar-refractivity contribution in [1.29, 1.82) is 0 Å². The number of carbonyl (C=O) groups is 3. The zero-order chi connectivity index (χ0) is 27.6. The number of nitrogens with zero attached hydrogens (tertiary/aromatic N) is 2. The Bertz CT molecular complexity index is 1760. The van der Waals surface area contributed by atoms with E-state index in [0.29, 0.717) is 16.1 Å². The highest BCUT2D eigenvalue weighted by Gasteiger charge is 2.70. The maximum atomic E-state index is 14.7. The van der Waals surface area contributed by atoms with Crippen molar-refractivity contribution in [3.8, 4) is 0 Å². The van der Waals surface area contributed by atoms with Crippen LogP contribution in [0.2, 0.25) is 0 Å². The Kier molecular flexibility index (Phi) is 5.33. The summed E-state index contributed by atoms with van der Waals surface area (Å²) >= 11 is 1.27. The zero-order valence-corrected chi connectivity index (χ0v) is 21.7. The van der Waals surface area contributed by atoms with Gasteiger partial charge in [-0.25, -0.2) is 0 Å². The molecule has 4 heterocycles. The lowest BCUT2D eigenvalue weighted by atomic mass is 9.62. The average molecular weight is 548 g/mol. The van der Waals surface area contributed by atoms with Crippen molar-refractivity contribution in [2.75, 3.05) is 5.32 Å². The predicted molar refractivity (Wildman–Crippen MR) is 150 cm³/mol. The average Bonchev–Trinajstić information content (AvgIpc) is 3.69. The van der Waals surface area contributed by atoms with Gasteiger partial charge in [0.15, 0.2) is 11.6 Å². The van der Waals surface area contributed by atoms with E-state index in [-0.39, 0.29) is 22.9 Å². The summed E-state index contributed by atoms with van der Waals surface area (Å²) in [6.45, 7) is 0. The minimum absolute atomic E-state index is 0.0804. The normalized spacial score (nSPS) is 23.9. The minimum Gasteiger partial charge on any atom is -0.358 e. The summed E-state index contributed by atoms with van der Waals surface area (Å²) in [5.74, 6) is -2.32. The molecule has 0 bridgehead atoms. The number of fused-ring (bicyclic) bond motifs is 6. The molecular formula is C31H21N3O5S. The number of para-hydroxylation sites is 1. The van der Waals surface area contributed by atoms with Gasteiger partial charge in [0.1, 0.15) is 11.5 Å². The fourth-order valence-corrected chi connectivity index (χ4v) is 7.38. The number of nitrogens with one attached hydrogen (secondary N) is 1. The Morgan fingerprint density at radius 1 is 0.950 bits per heavy atom. The molecule has 3 aliphatic rings. The van der Waals surface area contributed by atoms with Crippen LogP contribution in [0.5, 0.6) is 0 Å². The first-order valence-electron chi connectivity index (χ1n) is 12.7. The molecule has 3 aromatic carbocycles. The van der Waals surface area contributed by atoms with E-state index in [1.807, 2.05) is 53.4 Å². The molecule has 4 atom stereocenters. The predicted octanol–water partition coefficient (Wildman–Crippen LogP) is 5.64. The summed E-state index contributed by atoms with van der Waals surface area (Å²) in [6.07, 6.45) is 3.70. The third-order valence-corrected chi connectivity index (χ3v) is 9.11. The van der Waals surface area contributed by atoms with Crippen LogP contribution in [-0.4, -0.2) is 33.3 Å². The maximum absolute atomic E-state index is 14.7. The number of hydrogen-bond acceptors (Lipinski definition) is 7. The first kappa shape index (κ1) is 24.2. The van der Waals surface area contributed by atoms with E-state index < -0.39 is 34.1 Å². The van der Waals surface area contributed by atoms with Crippen LogP contribution in [0.15, 0.2) is 96.5 Å². The minimum atomic E-state index is -1.48. The Morgan fingerprint density at radius 3 is 2.55 bits per heavy atom. The van der Waals surface area contributed by atoms with Gasteiger partial charge >= 0.3 is 0 Å². The third kappa shape index (κ3) is 3.21. The van der Waals surface area contributed by atoms with E-state index in [0.717, 1.165) is 11.1 Å². The number of nitro benzene ring substituents is 1. The van der Waals surface area contributed by atoms with Gasteiger partial charge < -0.3 is 10.2 Å². The van der Waals surface area contributed by atoms with Crippen LogP contribution < -0.4 is 5.32 Å². The summed E-state index contributed by atoms with van der Waals surface area (Å²) in [5.41, 5.74) is 1.30. The van der Waals surface area contributed by atoms with Crippen molar-refractivity contribution >= 4 is 46.3 Å². The summed E-state index contributed by atoms with van der Waals surface area (Å²) < 4.78 is 0. The van der Waals surface area contributed by atoms with Crippen LogP contribution in [0.3, 0.4) is 0 Å². The number of ketones is 2. The molecule has 9 heteroatoms. The molecule has 1 N–H and O–H groups in total. The summed E-state index contributed by atoms with van der Waals surface area (Å²) in [6, 6.07) is 22.2. The van der Waals surface area contributed by atoms with Crippen molar-refractivity contribution < 1.29 is 19.3 Å². The molecule has 3 aliphatic heterocycles. The second-order valence-electron chi connectivity index (χ2n) is 10.1. The van der Waals surface area contributed by atoms with Crippen molar-refractivity contribution in [1.82, 2.24) is 4.90 Å². The van der Waals surface area contributed by atoms with Crippen LogP contribution >= 0.6 is 11.3 Å². The topological polar surface area (TPSA) is 110 Å². The lowest BCUT2D eigenvalue weighted by molar-refractivity contribution is -0.384. The van der Waals surface area contributed by atoms with Gasteiger partial charge in [-0.05, 0) is 40.3 Å². The van der Waals surface area contributed by atoms with Gasteiger partial charge in [0.2, 0.25) is 5.91 Å². The number of non-ortho nitro benzene ring substituents is 1. The molecule has 1 spiro atoms. The fraction of sp³-hybridized carbons (Fsp3) is 0.129. The van der Waals surface area contributed by atoms with Crippen molar-refractivity contribution in [3.05, 3.63) is 134 Å². The maximum Gasteiger partial charge on any atom is 0.270 e. The van der Waals surface area contributed by atoms with Crippen molar-refractivity contribution in [2.24, 2.45) is 5.92 Å². The van der Waals surface area contributed by atoms with E-state index >= 15 is 0 Å². The summed E-state index contributed by atoms with van der Waals surface area (Å²) in [7, 11) is 0. The second kappa shape index (κ2) is 8.82. The Hall–Kier alpha value is -4.89.